The Labute approximate surface area is 95.3 Å². The Kier molecular flexibility index (Phi) is 2.93. The van der Waals surface area contributed by atoms with E-state index in [1.165, 1.54) is 12.3 Å². The highest BCUT2D eigenvalue weighted by atomic mass is 35.5. The van der Waals surface area contributed by atoms with Crippen LogP contribution in [0.25, 0.3) is 0 Å². The molecule has 2 heterocycles. The topological polar surface area (TPSA) is 30.7 Å². The maximum absolute atomic E-state index is 13.4. The van der Waals surface area contributed by atoms with Crippen molar-refractivity contribution in [1.82, 2.24) is 14.5 Å². The van der Waals surface area contributed by atoms with E-state index in [0.29, 0.717) is 5.16 Å². The first-order valence-electron chi connectivity index (χ1n) is 4.13. The van der Waals surface area contributed by atoms with Gasteiger partial charge in [0.2, 0.25) is 0 Å². The Hall–Kier alpha value is -1.07. The van der Waals surface area contributed by atoms with Crippen molar-refractivity contribution in [1.29, 1.82) is 0 Å². The molecule has 0 aliphatic heterocycles. The maximum Gasteiger partial charge on any atom is 0.174 e. The van der Waals surface area contributed by atoms with Crippen molar-refractivity contribution in [3.8, 4) is 0 Å². The number of hydrogen-bond donors (Lipinski definition) is 0. The van der Waals surface area contributed by atoms with Crippen molar-refractivity contribution in [3.05, 3.63) is 35.5 Å². The predicted molar refractivity (Wildman–Crippen MR) is 56.5 cm³/mol. The molecule has 2 aromatic rings. The van der Waals surface area contributed by atoms with Gasteiger partial charge in [-0.05, 0) is 17.8 Å². The average Bonchev–Trinajstić information content (AvgIpc) is 2.57. The van der Waals surface area contributed by atoms with Gasteiger partial charge in [-0.1, -0.05) is 11.6 Å². The molecular formula is C9H7ClFN3S. The molecule has 0 atom stereocenters. The molecule has 2 aromatic heterocycles. The highest BCUT2D eigenvalue weighted by Gasteiger charge is 2.09. The second kappa shape index (κ2) is 4.20. The summed E-state index contributed by atoms with van der Waals surface area (Å²) in [7, 11) is 1.84. The normalized spacial score (nSPS) is 10.6. The predicted octanol–water partition coefficient (Wildman–Crippen LogP) is 2.76. The van der Waals surface area contributed by atoms with Crippen LogP contribution in [0.1, 0.15) is 0 Å². The molecule has 0 radical (unpaired) electrons. The molecule has 6 heteroatoms. The Morgan fingerprint density at radius 1 is 1.47 bits per heavy atom. The summed E-state index contributed by atoms with van der Waals surface area (Å²) in [6.07, 6.45) is 4.85. The standard InChI is InChI=1S/C9H7ClFN3S/c1-14-3-2-12-9(14)15-8-7(11)4-6(10)5-13-8/h2-5H,1H3. The lowest BCUT2D eigenvalue weighted by molar-refractivity contribution is 0.587. The lowest BCUT2D eigenvalue weighted by atomic mass is 10.5. The van der Waals surface area contributed by atoms with Crippen LogP contribution in [0.5, 0.6) is 0 Å². The van der Waals surface area contributed by atoms with Gasteiger partial charge in [0.15, 0.2) is 11.0 Å². The molecule has 0 amide bonds. The van der Waals surface area contributed by atoms with Crippen LogP contribution in [0.3, 0.4) is 0 Å². The van der Waals surface area contributed by atoms with Gasteiger partial charge in [0.25, 0.3) is 0 Å². The number of aromatic nitrogens is 3. The molecule has 0 spiro atoms. The van der Waals surface area contributed by atoms with Crippen LogP contribution >= 0.6 is 23.4 Å². The van der Waals surface area contributed by atoms with E-state index in [4.69, 9.17) is 11.6 Å². The summed E-state index contributed by atoms with van der Waals surface area (Å²) in [5, 5.41) is 1.24. The molecule has 0 saturated heterocycles. The summed E-state index contributed by atoms with van der Waals surface area (Å²) in [6, 6.07) is 1.24. The van der Waals surface area contributed by atoms with E-state index < -0.39 is 5.82 Å². The van der Waals surface area contributed by atoms with Gasteiger partial charge in [-0.15, -0.1) is 0 Å². The van der Waals surface area contributed by atoms with Crippen molar-refractivity contribution in [2.24, 2.45) is 7.05 Å². The number of aryl methyl sites for hydroxylation is 1. The van der Waals surface area contributed by atoms with Gasteiger partial charge < -0.3 is 4.57 Å². The zero-order valence-corrected chi connectivity index (χ0v) is 9.39. The third-order valence-corrected chi connectivity index (χ3v) is 3.02. The monoisotopic (exact) mass is 243 g/mol. The van der Waals surface area contributed by atoms with E-state index in [2.05, 4.69) is 9.97 Å². The molecule has 15 heavy (non-hydrogen) atoms. The van der Waals surface area contributed by atoms with Crippen LogP contribution in [-0.4, -0.2) is 14.5 Å². The van der Waals surface area contributed by atoms with Gasteiger partial charge in [0.1, 0.15) is 5.03 Å². The molecule has 0 aromatic carbocycles. The van der Waals surface area contributed by atoms with Crippen LogP contribution in [0.15, 0.2) is 34.8 Å². The van der Waals surface area contributed by atoms with Gasteiger partial charge in [-0.25, -0.2) is 14.4 Å². The molecular weight excluding hydrogens is 237 g/mol. The first-order chi connectivity index (χ1) is 7.16. The fraction of sp³-hybridized carbons (Fsp3) is 0.111. The van der Waals surface area contributed by atoms with Gasteiger partial charge in [0, 0.05) is 25.6 Å². The number of nitrogens with zero attached hydrogens (tertiary/aromatic N) is 3. The number of pyridine rings is 1. The zero-order valence-electron chi connectivity index (χ0n) is 7.82. The lowest BCUT2D eigenvalue weighted by Gasteiger charge is -2.01. The van der Waals surface area contributed by atoms with E-state index >= 15 is 0 Å². The minimum Gasteiger partial charge on any atom is -0.329 e. The lowest BCUT2D eigenvalue weighted by Crippen LogP contribution is -1.92. The molecule has 78 valence electrons. The second-order valence-electron chi connectivity index (χ2n) is 2.86. The van der Waals surface area contributed by atoms with Crippen LogP contribution in [0, 0.1) is 5.82 Å². The first kappa shape index (κ1) is 10.4. The third kappa shape index (κ3) is 2.30. The number of hydrogen-bond acceptors (Lipinski definition) is 3. The van der Waals surface area contributed by atoms with Gasteiger partial charge in [0.05, 0.1) is 5.02 Å². The molecule has 0 fully saturated rings. The summed E-state index contributed by atoms with van der Waals surface area (Å²) in [6.45, 7) is 0. The maximum atomic E-state index is 13.4. The number of rotatable bonds is 2. The summed E-state index contributed by atoms with van der Waals surface area (Å²) >= 11 is 6.76. The van der Waals surface area contributed by atoms with Gasteiger partial charge in [-0.3, -0.25) is 0 Å². The van der Waals surface area contributed by atoms with Crippen molar-refractivity contribution in [3.63, 3.8) is 0 Å². The summed E-state index contributed by atoms with van der Waals surface area (Å²) in [4.78, 5) is 7.96. The molecule has 0 bridgehead atoms. The highest BCUT2D eigenvalue weighted by Crippen LogP contribution is 2.27. The van der Waals surface area contributed by atoms with Crippen molar-refractivity contribution in [2.75, 3.05) is 0 Å². The number of halogens is 2. The minimum atomic E-state index is -0.435. The van der Waals surface area contributed by atoms with Crippen LogP contribution < -0.4 is 0 Å². The van der Waals surface area contributed by atoms with Crippen molar-refractivity contribution in [2.45, 2.75) is 10.2 Å². The fourth-order valence-corrected chi connectivity index (χ4v) is 1.91. The van der Waals surface area contributed by atoms with E-state index in [1.54, 1.807) is 17.0 Å². The van der Waals surface area contributed by atoms with Crippen LogP contribution in [0.2, 0.25) is 5.02 Å². The quantitative estimate of drug-likeness (QED) is 0.813. The summed E-state index contributed by atoms with van der Waals surface area (Å²) < 4.78 is 15.2. The Bertz CT molecular complexity index is 486. The first-order valence-corrected chi connectivity index (χ1v) is 5.32. The van der Waals surface area contributed by atoms with E-state index in [-0.39, 0.29) is 10.0 Å². The van der Waals surface area contributed by atoms with Crippen LogP contribution in [0.4, 0.5) is 4.39 Å². The zero-order chi connectivity index (χ0) is 10.8. The van der Waals surface area contributed by atoms with E-state index in [1.807, 2.05) is 7.05 Å². The minimum absolute atomic E-state index is 0.272. The fourth-order valence-electron chi connectivity index (χ4n) is 1.01. The Balaban J connectivity index is 2.29. The summed E-state index contributed by atoms with van der Waals surface area (Å²) in [5.74, 6) is -0.435. The SMILES string of the molecule is Cn1ccnc1Sc1ncc(Cl)cc1F. The van der Waals surface area contributed by atoms with Crippen molar-refractivity contribution >= 4 is 23.4 Å². The molecule has 2 rings (SSSR count). The molecule has 3 nitrogen and oxygen atoms in total. The molecule has 0 aliphatic carbocycles. The molecule has 0 unspecified atom stereocenters. The summed E-state index contributed by atoms with van der Waals surface area (Å²) in [5.41, 5.74) is 0. The molecule has 0 N–H and O–H groups in total. The van der Waals surface area contributed by atoms with Crippen molar-refractivity contribution < 1.29 is 4.39 Å². The number of imidazole rings is 1. The third-order valence-electron chi connectivity index (χ3n) is 1.74. The Morgan fingerprint density at radius 3 is 2.87 bits per heavy atom. The average molecular weight is 244 g/mol. The van der Waals surface area contributed by atoms with E-state index in [9.17, 15) is 4.39 Å². The largest absolute Gasteiger partial charge is 0.329 e. The smallest absolute Gasteiger partial charge is 0.174 e. The highest BCUT2D eigenvalue weighted by molar-refractivity contribution is 7.99. The van der Waals surface area contributed by atoms with E-state index in [0.717, 1.165) is 11.8 Å². The second-order valence-corrected chi connectivity index (χ2v) is 4.26. The Morgan fingerprint density at radius 2 is 2.27 bits per heavy atom. The molecule has 0 aliphatic rings. The van der Waals surface area contributed by atoms with Gasteiger partial charge in [-0.2, -0.15) is 0 Å². The van der Waals surface area contributed by atoms with Crippen LogP contribution in [-0.2, 0) is 7.05 Å². The van der Waals surface area contributed by atoms with Gasteiger partial charge >= 0.3 is 0 Å². The molecule has 0 saturated carbocycles.